The smallest absolute Gasteiger partial charge is 0.195 e. The van der Waals surface area contributed by atoms with Gasteiger partial charge in [-0.3, -0.25) is 9.59 Å². The average Bonchev–Trinajstić information content (AvgIpc) is 2.45. The first-order chi connectivity index (χ1) is 9.13. The summed E-state index contributed by atoms with van der Waals surface area (Å²) in [5.74, 6) is -0.0485. The van der Waals surface area contributed by atoms with Crippen LogP contribution in [0.25, 0.3) is 0 Å². The minimum atomic E-state index is -1.12. The second-order valence-corrected chi connectivity index (χ2v) is 4.90. The Bertz CT molecular complexity index is 481. The molecular formula is C15H18O4. The molecular weight excluding hydrogens is 244 g/mol. The fourth-order valence-electron chi connectivity index (χ4n) is 2.55. The standard InChI is InChI=1S/C15H18O4/c1-19-13-8-3-2-7-12(13)15(18)14(17)10-5-4-6-11(16)9-10/h2-3,7-8,10,14,17H,4-6,9H2,1H3/t10-,14-/m1/s1. The van der Waals surface area contributed by atoms with E-state index in [1.807, 2.05) is 0 Å². The largest absolute Gasteiger partial charge is 0.496 e. The van der Waals surface area contributed by atoms with Gasteiger partial charge in [-0.25, -0.2) is 0 Å². The lowest BCUT2D eigenvalue weighted by molar-refractivity contribution is -0.122. The zero-order valence-corrected chi connectivity index (χ0v) is 11.0. The Morgan fingerprint density at radius 2 is 2.16 bits per heavy atom. The van der Waals surface area contributed by atoms with Gasteiger partial charge in [0.25, 0.3) is 0 Å². The summed E-state index contributed by atoms with van der Waals surface area (Å²) in [7, 11) is 1.49. The number of ketones is 2. The van der Waals surface area contributed by atoms with E-state index in [0.717, 1.165) is 6.42 Å². The molecule has 4 heteroatoms. The maximum atomic E-state index is 12.3. The third kappa shape index (κ3) is 3.01. The summed E-state index contributed by atoms with van der Waals surface area (Å²) in [6.45, 7) is 0. The highest BCUT2D eigenvalue weighted by Gasteiger charge is 2.32. The fourth-order valence-corrected chi connectivity index (χ4v) is 2.55. The van der Waals surface area contributed by atoms with E-state index in [0.29, 0.717) is 30.6 Å². The number of carbonyl (C=O) groups is 2. The molecule has 0 aromatic heterocycles. The number of para-hydroxylation sites is 1. The van der Waals surface area contributed by atoms with Crippen LogP contribution >= 0.6 is 0 Å². The summed E-state index contributed by atoms with van der Waals surface area (Å²) in [5.41, 5.74) is 0.371. The van der Waals surface area contributed by atoms with Gasteiger partial charge in [0.15, 0.2) is 5.78 Å². The van der Waals surface area contributed by atoms with Gasteiger partial charge in [-0.15, -0.1) is 0 Å². The molecule has 1 aromatic carbocycles. The van der Waals surface area contributed by atoms with Crippen molar-refractivity contribution in [3.8, 4) is 5.75 Å². The number of rotatable bonds is 4. The van der Waals surface area contributed by atoms with Crippen molar-refractivity contribution in [3.05, 3.63) is 29.8 Å². The van der Waals surface area contributed by atoms with E-state index in [-0.39, 0.29) is 17.5 Å². The van der Waals surface area contributed by atoms with Gasteiger partial charge in [-0.1, -0.05) is 12.1 Å². The third-order valence-electron chi connectivity index (χ3n) is 3.61. The summed E-state index contributed by atoms with van der Waals surface area (Å²) in [6, 6.07) is 6.82. The van der Waals surface area contributed by atoms with E-state index in [4.69, 9.17) is 4.74 Å². The van der Waals surface area contributed by atoms with Crippen LogP contribution in [-0.2, 0) is 4.79 Å². The predicted octanol–water partition coefficient (Wildman–Crippen LogP) is 2.00. The van der Waals surface area contributed by atoms with Crippen molar-refractivity contribution in [3.63, 3.8) is 0 Å². The van der Waals surface area contributed by atoms with E-state index in [1.165, 1.54) is 7.11 Å². The molecule has 0 saturated heterocycles. The first-order valence-electron chi connectivity index (χ1n) is 6.50. The molecule has 4 nitrogen and oxygen atoms in total. The molecule has 2 atom stereocenters. The van der Waals surface area contributed by atoms with E-state index >= 15 is 0 Å². The Morgan fingerprint density at radius 1 is 1.42 bits per heavy atom. The topological polar surface area (TPSA) is 63.6 Å². The normalized spacial score (nSPS) is 20.9. The van der Waals surface area contributed by atoms with Crippen LogP contribution in [0.4, 0.5) is 0 Å². The van der Waals surface area contributed by atoms with Crippen molar-refractivity contribution >= 4 is 11.6 Å². The molecule has 0 amide bonds. The Labute approximate surface area is 112 Å². The molecule has 102 valence electrons. The van der Waals surface area contributed by atoms with Gasteiger partial charge in [0, 0.05) is 12.8 Å². The molecule has 1 aromatic rings. The Kier molecular flexibility index (Phi) is 4.32. The molecule has 0 aliphatic heterocycles. The lowest BCUT2D eigenvalue weighted by Crippen LogP contribution is -2.33. The summed E-state index contributed by atoms with van der Waals surface area (Å²) >= 11 is 0. The maximum Gasteiger partial charge on any atom is 0.195 e. The fraction of sp³-hybridized carbons (Fsp3) is 0.467. The Morgan fingerprint density at radius 3 is 2.84 bits per heavy atom. The molecule has 0 bridgehead atoms. The van der Waals surface area contributed by atoms with E-state index < -0.39 is 6.10 Å². The number of ether oxygens (including phenoxy) is 1. The molecule has 1 fully saturated rings. The summed E-state index contributed by atoms with van der Waals surface area (Å²) in [5, 5.41) is 10.2. The molecule has 0 spiro atoms. The van der Waals surface area contributed by atoms with Crippen LogP contribution in [0.15, 0.2) is 24.3 Å². The highest BCUT2D eigenvalue weighted by molar-refractivity contribution is 6.02. The van der Waals surface area contributed by atoms with Gasteiger partial charge in [0.2, 0.25) is 0 Å². The van der Waals surface area contributed by atoms with Crippen molar-refractivity contribution in [2.45, 2.75) is 31.8 Å². The third-order valence-corrected chi connectivity index (χ3v) is 3.61. The lowest BCUT2D eigenvalue weighted by Gasteiger charge is -2.25. The van der Waals surface area contributed by atoms with Crippen molar-refractivity contribution in [2.75, 3.05) is 7.11 Å². The van der Waals surface area contributed by atoms with Crippen molar-refractivity contribution in [2.24, 2.45) is 5.92 Å². The number of carbonyl (C=O) groups excluding carboxylic acids is 2. The lowest BCUT2D eigenvalue weighted by atomic mass is 9.82. The molecule has 19 heavy (non-hydrogen) atoms. The second-order valence-electron chi connectivity index (χ2n) is 4.90. The summed E-state index contributed by atoms with van der Waals surface area (Å²) in [6.07, 6.45) is 1.20. The highest BCUT2D eigenvalue weighted by Crippen LogP contribution is 2.28. The zero-order valence-electron chi connectivity index (χ0n) is 11.0. The van der Waals surface area contributed by atoms with Gasteiger partial charge >= 0.3 is 0 Å². The Hall–Kier alpha value is -1.68. The van der Waals surface area contributed by atoms with Crippen LogP contribution in [-0.4, -0.2) is 29.9 Å². The summed E-state index contributed by atoms with van der Waals surface area (Å²) in [4.78, 5) is 23.7. The number of hydrogen-bond acceptors (Lipinski definition) is 4. The predicted molar refractivity (Wildman–Crippen MR) is 70.3 cm³/mol. The number of aliphatic hydroxyl groups is 1. The first-order valence-corrected chi connectivity index (χ1v) is 6.50. The second kappa shape index (κ2) is 5.97. The number of hydrogen-bond donors (Lipinski definition) is 1. The van der Waals surface area contributed by atoms with Crippen LogP contribution < -0.4 is 4.74 Å². The maximum absolute atomic E-state index is 12.3. The zero-order chi connectivity index (χ0) is 13.8. The monoisotopic (exact) mass is 262 g/mol. The van der Waals surface area contributed by atoms with Crippen LogP contribution in [0, 0.1) is 5.92 Å². The molecule has 0 radical (unpaired) electrons. The Balaban J connectivity index is 2.16. The molecule has 0 heterocycles. The van der Waals surface area contributed by atoms with Gasteiger partial charge in [0.05, 0.1) is 12.7 Å². The van der Waals surface area contributed by atoms with Crippen molar-refractivity contribution < 1.29 is 19.4 Å². The van der Waals surface area contributed by atoms with Crippen molar-refractivity contribution in [1.82, 2.24) is 0 Å². The van der Waals surface area contributed by atoms with Gasteiger partial charge in [0.1, 0.15) is 17.6 Å². The molecule has 1 saturated carbocycles. The van der Waals surface area contributed by atoms with E-state index in [1.54, 1.807) is 24.3 Å². The average molecular weight is 262 g/mol. The van der Waals surface area contributed by atoms with Crippen LogP contribution in [0.3, 0.4) is 0 Å². The SMILES string of the molecule is COc1ccccc1C(=O)[C@H](O)[C@@H]1CCCC(=O)C1. The molecule has 1 aliphatic rings. The molecule has 0 unspecified atom stereocenters. The van der Waals surface area contributed by atoms with Crippen LogP contribution in [0.1, 0.15) is 36.0 Å². The van der Waals surface area contributed by atoms with Crippen LogP contribution in [0.2, 0.25) is 0 Å². The van der Waals surface area contributed by atoms with Crippen LogP contribution in [0.5, 0.6) is 5.75 Å². The highest BCUT2D eigenvalue weighted by atomic mass is 16.5. The summed E-state index contributed by atoms with van der Waals surface area (Å²) < 4.78 is 5.13. The van der Waals surface area contributed by atoms with E-state index in [2.05, 4.69) is 0 Å². The number of aliphatic hydroxyl groups excluding tert-OH is 1. The molecule has 1 aliphatic carbocycles. The quantitative estimate of drug-likeness (QED) is 0.843. The van der Waals surface area contributed by atoms with Crippen molar-refractivity contribution in [1.29, 1.82) is 0 Å². The molecule has 2 rings (SSSR count). The number of benzene rings is 1. The number of methoxy groups -OCH3 is 1. The minimum Gasteiger partial charge on any atom is -0.496 e. The van der Waals surface area contributed by atoms with E-state index in [9.17, 15) is 14.7 Å². The minimum absolute atomic E-state index is 0.128. The van der Waals surface area contributed by atoms with Gasteiger partial charge in [-0.2, -0.15) is 0 Å². The molecule has 1 N–H and O–H groups in total. The van der Waals surface area contributed by atoms with Gasteiger partial charge in [-0.05, 0) is 30.9 Å². The van der Waals surface area contributed by atoms with Gasteiger partial charge < -0.3 is 9.84 Å². The first kappa shape index (κ1) is 13.7. The number of Topliss-reactive ketones (excluding diaryl/α,β-unsaturated/α-hetero) is 2.